The lowest BCUT2D eigenvalue weighted by Crippen LogP contribution is -2.61. The molecule has 1 saturated heterocycles. The van der Waals surface area contributed by atoms with E-state index in [1.165, 1.54) is 32.9 Å². The number of methoxy groups -OCH3 is 1. The first-order chi connectivity index (χ1) is 52.5. The van der Waals surface area contributed by atoms with Crippen molar-refractivity contribution in [2.45, 2.75) is 193 Å². The number of rotatable bonds is 29. The number of carbonyl (C=O) groups is 9. The Bertz CT molecular complexity index is 4620. The lowest BCUT2D eigenvalue weighted by atomic mass is 9.85. The summed E-state index contributed by atoms with van der Waals surface area (Å²) in [4.78, 5) is 131. The molecule has 586 valence electrons. The van der Waals surface area contributed by atoms with Crippen LogP contribution in [-0.4, -0.2) is 162 Å². The largest absolute Gasteiger partial charge is 0.544 e. The fourth-order valence-electron chi connectivity index (χ4n) is 13.4. The van der Waals surface area contributed by atoms with Gasteiger partial charge in [0.2, 0.25) is 37.9 Å². The maximum atomic E-state index is 15.6. The molecule has 8 aromatic rings. The summed E-state index contributed by atoms with van der Waals surface area (Å²) in [5.41, 5.74) is 5.60. The number of hydrogen-bond acceptors (Lipinski definition) is 16. The lowest BCUT2D eigenvalue weighted by molar-refractivity contribution is -0.145. The molecule has 25 heteroatoms. The van der Waals surface area contributed by atoms with Crippen molar-refractivity contribution in [1.82, 2.24) is 51.4 Å². The van der Waals surface area contributed by atoms with E-state index >= 15 is 14.4 Å². The summed E-state index contributed by atoms with van der Waals surface area (Å²) in [5.74, 6) is -3.37. The van der Waals surface area contributed by atoms with Crippen LogP contribution >= 0.6 is 0 Å². The summed E-state index contributed by atoms with van der Waals surface area (Å²) in [6.07, 6.45) is 0.286. The average molecular weight is 1530 g/mol. The molecule has 0 bridgehead atoms. The number of nitrogens with one attached hydrogen (secondary N) is 5. The number of nitrogens with zero attached hydrogens (tertiary/aromatic N) is 5. The first kappa shape index (κ1) is 82.3. The summed E-state index contributed by atoms with van der Waals surface area (Å²) in [7, 11) is 0.478. The van der Waals surface area contributed by atoms with E-state index in [0.717, 1.165) is 49.1 Å². The highest BCUT2D eigenvalue weighted by molar-refractivity contribution is 6.74. The molecule has 7 aromatic carbocycles. The third kappa shape index (κ3) is 21.2. The Labute approximate surface area is 650 Å². The van der Waals surface area contributed by atoms with Crippen molar-refractivity contribution in [3.8, 4) is 22.6 Å². The van der Waals surface area contributed by atoms with Gasteiger partial charge in [-0.15, -0.1) is 5.10 Å². The van der Waals surface area contributed by atoms with Crippen LogP contribution in [0.5, 0.6) is 11.5 Å². The van der Waals surface area contributed by atoms with Gasteiger partial charge in [-0.2, -0.15) is 0 Å². The Morgan fingerprint density at radius 2 is 1.13 bits per heavy atom. The van der Waals surface area contributed by atoms with Crippen LogP contribution in [0.2, 0.25) is 18.1 Å². The molecule has 0 radical (unpaired) electrons. The van der Waals surface area contributed by atoms with E-state index in [-0.39, 0.29) is 68.6 Å². The second-order valence-corrected chi connectivity index (χ2v) is 37.1. The maximum absolute atomic E-state index is 15.6. The van der Waals surface area contributed by atoms with Gasteiger partial charge in [0, 0.05) is 45.2 Å². The molecule has 1 unspecified atom stereocenters. The highest BCUT2D eigenvalue weighted by Gasteiger charge is 2.48. The Hall–Kier alpha value is -11.2. The minimum absolute atomic E-state index is 0.00631. The summed E-state index contributed by atoms with van der Waals surface area (Å²) in [6, 6.07) is 44.0. The van der Waals surface area contributed by atoms with Crippen molar-refractivity contribution < 1.29 is 66.5 Å². The second kappa shape index (κ2) is 35.2. The number of ketones is 1. The monoisotopic (exact) mass is 1530 g/mol. The van der Waals surface area contributed by atoms with Gasteiger partial charge in [0.1, 0.15) is 72.3 Å². The van der Waals surface area contributed by atoms with E-state index in [4.69, 9.17) is 23.4 Å². The fraction of sp³-hybridized carbons (Fsp3) is 0.407. The van der Waals surface area contributed by atoms with Gasteiger partial charge in [-0.1, -0.05) is 192 Å². The Balaban J connectivity index is 0.850. The molecule has 1 fully saturated rings. The molecule has 0 spiro atoms. The van der Waals surface area contributed by atoms with E-state index in [9.17, 15) is 28.8 Å². The van der Waals surface area contributed by atoms with Crippen LogP contribution in [0.25, 0.3) is 21.9 Å². The smallest absolute Gasteiger partial charge is 0.410 e. The summed E-state index contributed by atoms with van der Waals surface area (Å²) >= 11 is 0. The molecule has 7 amide bonds. The number of fused-ring (bicyclic) bond motifs is 4. The zero-order valence-corrected chi connectivity index (χ0v) is 67.0. The van der Waals surface area contributed by atoms with Gasteiger partial charge >= 0.3 is 18.2 Å². The van der Waals surface area contributed by atoms with Crippen LogP contribution in [0.3, 0.4) is 0 Å². The zero-order chi connectivity index (χ0) is 80.3. The summed E-state index contributed by atoms with van der Waals surface area (Å²) < 4.78 is 30.9. The average Bonchev–Trinajstić information content (AvgIpc) is 1.44. The molecule has 24 nitrogen and oxygen atoms in total. The molecular formula is C86H104N10O14Si. The minimum atomic E-state index is -2.17. The van der Waals surface area contributed by atoms with Gasteiger partial charge in [0.25, 0.3) is 0 Å². The number of amides is 7. The molecule has 8 atom stereocenters. The third-order valence-electron chi connectivity index (χ3n) is 20.9. The number of benzene rings is 7. The van der Waals surface area contributed by atoms with Crippen LogP contribution < -0.4 is 35.7 Å². The Kier molecular flexibility index (Phi) is 26.1. The van der Waals surface area contributed by atoms with Crippen molar-refractivity contribution in [3.63, 3.8) is 0 Å². The van der Waals surface area contributed by atoms with E-state index in [2.05, 4.69) is 70.8 Å². The second-order valence-electron chi connectivity index (χ2n) is 32.4. The molecule has 0 saturated carbocycles. The molecule has 2 heterocycles. The number of likely N-dealkylation sites (tertiary alicyclic amines) is 1. The van der Waals surface area contributed by atoms with Crippen LogP contribution in [0.4, 0.5) is 9.59 Å². The minimum Gasteiger partial charge on any atom is -0.544 e. The van der Waals surface area contributed by atoms with Crippen molar-refractivity contribution in [1.29, 1.82) is 0 Å². The van der Waals surface area contributed by atoms with Gasteiger partial charge < -0.3 is 54.9 Å². The van der Waals surface area contributed by atoms with Crippen molar-refractivity contribution in [2.24, 2.45) is 5.41 Å². The Morgan fingerprint density at radius 1 is 0.595 bits per heavy atom. The Morgan fingerprint density at radius 3 is 1.72 bits per heavy atom. The molecule has 2 aliphatic rings. The van der Waals surface area contributed by atoms with E-state index in [0.29, 0.717) is 28.3 Å². The number of esters is 1. The van der Waals surface area contributed by atoms with Crippen LogP contribution in [0, 0.1) is 5.41 Å². The number of hydrogen-bond donors (Lipinski definition) is 5. The fourth-order valence-corrected chi connectivity index (χ4v) is 14.4. The third-order valence-corrected chi connectivity index (χ3v) is 25.2. The zero-order valence-electron chi connectivity index (χ0n) is 66.0. The van der Waals surface area contributed by atoms with Crippen LogP contribution in [0.1, 0.15) is 134 Å². The quantitative estimate of drug-likeness (QED) is 0.0165. The number of alkyl carbamates (subject to hydrolysis) is 1. The van der Waals surface area contributed by atoms with Gasteiger partial charge in [0.15, 0.2) is 5.78 Å². The van der Waals surface area contributed by atoms with Gasteiger partial charge in [-0.3, -0.25) is 33.7 Å². The molecule has 1 aromatic heterocycles. The van der Waals surface area contributed by atoms with E-state index in [1.54, 1.807) is 76.7 Å². The highest BCUT2D eigenvalue weighted by atomic mass is 28.4. The van der Waals surface area contributed by atoms with E-state index < -0.39 is 115 Å². The highest BCUT2D eigenvalue weighted by Crippen LogP contribution is 2.45. The summed E-state index contributed by atoms with van der Waals surface area (Å²) in [6.45, 7) is 24.0. The van der Waals surface area contributed by atoms with Crippen molar-refractivity contribution in [2.75, 3.05) is 27.3 Å². The normalized spacial score (nSPS) is 15.9. The predicted molar refractivity (Wildman–Crippen MR) is 425 cm³/mol. The van der Waals surface area contributed by atoms with Crippen molar-refractivity contribution in [3.05, 3.63) is 215 Å². The molecule has 10 rings (SSSR count). The van der Waals surface area contributed by atoms with Gasteiger partial charge in [0.05, 0.1) is 25.4 Å². The first-order valence-corrected chi connectivity index (χ1v) is 40.5. The SMILES string of the molecule is COC(=O)[C@H](Cc1ccc(OCc2cn([C@H]3C[C@@H](C(=O)N[C@@H](Cc4ccc5ccccc5c4)C(=O)N[C@@H](Cc4ccc(O[Si](C)(C)C(C)(C)C)cc4)C(C)=O)N(C(=O)[C@@H](NC(=O)C(C)N(C)C(=O)OC(C)(C)C)C(C)(C)C)C3)nn2)cc1)NC(=O)[C@H](Cc1ccccc1)NC(=O)OCC1c2ccccc2-c2ccccc21. The summed E-state index contributed by atoms with van der Waals surface area (Å²) in [5, 5.41) is 25.2. The molecular weight excluding hydrogens is 1430 g/mol. The number of likely N-dealkylation sites (N-methyl/N-ethyl adjacent to an activating group) is 1. The predicted octanol–water partition coefficient (Wildman–Crippen LogP) is 11.7. The molecule has 1 aliphatic heterocycles. The number of aromatic nitrogens is 3. The van der Waals surface area contributed by atoms with Gasteiger partial charge in [-0.25, -0.2) is 19.1 Å². The number of Topliss-reactive ketones (excluding diaryl/α,β-unsaturated/α-hetero) is 1. The molecule has 1 aliphatic carbocycles. The standard InChI is InChI=1S/C86H104N10O14Si/c1-53(94(12)83(105)109-85(6,7)8)76(98)91-75(84(3,4)5)80(102)95-50-62(48-74(95)79(101)88-71(47-58-33-38-59-27-19-20-28-60(59)43-58)77(99)87-70(54(2)97)44-56-36-41-64(42-37-56)110-111(14,15)86(9,10)11)96-49-61(92-93-96)51-107-63-39-34-57(35-40-63)46-73(81(103)106-13)89-78(100)72(45-55-25-17-16-18-26-55)90-82(104)108-52-69-67-31-23-21-29-65(67)66-30-22-24-32-68(66)69/h16-43,49,53,62,69-75H,44-48,50-52H2,1-15H3,(H,87,99)(H,88,101)(H,89,100)(H,90,104)(H,91,98)/t53?,62-,70-,71-,72-,73-,74-,75+/m0/s1. The van der Waals surface area contributed by atoms with Crippen molar-refractivity contribution >= 4 is 72.6 Å². The lowest BCUT2D eigenvalue weighted by Gasteiger charge is -2.37. The van der Waals surface area contributed by atoms with Gasteiger partial charge in [-0.05, 0) is 144 Å². The molecule has 5 N–H and O–H groups in total. The van der Waals surface area contributed by atoms with E-state index in [1.807, 2.05) is 146 Å². The number of ether oxygens (including phenoxy) is 4. The first-order valence-electron chi connectivity index (χ1n) is 37.6. The maximum Gasteiger partial charge on any atom is 0.410 e. The van der Waals surface area contributed by atoms with Crippen LogP contribution in [0.15, 0.2) is 176 Å². The topological polar surface area (TPSA) is 297 Å². The molecule has 111 heavy (non-hydrogen) atoms. The number of carbonyl (C=O) groups excluding carboxylic acids is 9. The van der Waals surface area contributed by atoms with Crippen LogP contribution in [-0.2, 0) is 80.1 Å².